The zero-order chi connectivity index (χ0) is 13.7. The van der Waals surface area contributed by atoms with Gasteiger partial charge < -0.3 is 5.32 Å². The van der Waals surface area contributed by atoms with Crippen LogP contribution in [0.5, 0.6) is 0 Å². The van der Waals surface area contributed by atoms with Crippen molar-refractivity contribution in [3.8, 4) is 0 Å². The van der Waals surface area contributed by atoms with E-state index in [1.54, 1.807) is 0 Å². The monoisotopic (exact) mass is 324 g/mol. The Labute approximate surface area is 125 Å². The molecule has 1 aliphatic rings. The topological polar surface area (TPSA) is 15.3 Å². The second-order valence-electron chi connectivity index (χ2n) is 5.48. The third-order valence-electron chi connectivity index (χ3n) is 4.25. The number of nitrogens with one attached hydrogen (secondary N) is 1. The molecule has 2 nitrogen and oxygen atoms in total. The van der Waals surface area contributed by atoms with E-state index in [-0.39, 0.29) is 0 Å². The van der Waals surface area contributed by atoms with Gasteiger partial charge in [0.25, 0.3) is 0 Å². The number of piperidine rings is 1. The van der Waals surface area contributed by atoms with Gasteiger partial charge in [-0.2, -0.15) is 0 Å². The highest BCUT2D eigenvalue weighted by molar-refractivity contribution is 9.10. The molecule has 0 radical (unpaired) electrons. The molecule has 1 aromatic carbocycles. The molecule has 1 fully saturated rings. The molecule has 3 heteroatoms. The van der Waals surface area contributed by atoms with Gasteiger partial charge >= 0.3 is 0 Å². The molecule has 1 aliphatic heterocycles. The first-order valence-corrected chi connectivity index (χ1v) is 8.18. The molecule has 0 aliphatic carbocycles. The number of benzene rings is 1. The molecule has 1 N–H and O–H groups in total. The third kappa shape index (κ3) is 3.80. The summed E-state index contributed by atoms with van der Waals surface area (Å²) in [5.74, 6) is 0. The number of rotatable bonds is 5. The van der Waals surface area contributed by atoms with Crippen LogP contribution < -0.4 is 5.32 Å². The first-order valence-electron chi connectivity index (χ1n) is 7.39. The Bertz CT molecular complexity index is 394. The highest BCUT2D eigenvalue weighted by Gasteiger charge is 2.27. The summed E-state index contributed by atoms with van der Waals surface area (Å²) in [6.45, 7) is 4.69. The summed E-state index contributed by atoms with van der Waals surface area (Å²) >= 11 is 3.70. The Kier molecular flexibility index (Phi) is 5.86. The Morgan fingerprint density at radius 3 is 2.89 bits per heavy atom. The van der Waals surface area contributed by atoms with Gasteiger partial charge in [-0.1, -0.05) is 40.5 Å². The number of hydrogen-bond acceptors (Lipinski definition) is 2. The Morgan fingerprint density at radius 1 is 1.37 bits per heavy atom. The van der Waals surface area contributed by atoms with Gasteiger partial charge in [-0.05, 0) is 58.0 Å². The minimum atomic E-state index is 0.498. The van der Waals surface area contributed by atoms with Gasteiger partial charge in [0.2, 0.25) is 0 Å². The van der Waals surface area contributed by atoms with Crippen molar-refractivity contribution in [2.75, 3.05) is 20.1 Å². The van der Waals surface area contributed by atoms with Crippen LogP contribution in [0.25, 0.3) is 0 Å². The minimum absolute atomic E-state index is 0.498. The van der Waals surface area contributed by atoms with Gasteiger partial charge in [0.15, 0.2) is 0 Å². The summed E-state index contributed by atoms with van der Waals surface area (Å²) in [5, 5.41) is 3.29. The van der Waals surface area contributed by atoms with Crippen molar-refractivity contribution in [3.05, 3.63) is 34.3 Å². The van der Waals surface area contributed by atoms with Gasteiger partial charge in [0.05, 0.1) is 0 Å². The number of halogens is 1. The van der Waals surface area contributed by atoms with Crippen LogP contribution in [0, 0.1) is 0 Å². The second-order valence-corrected chi connectivity index (χ2v) is 6.33. The predicted octanol–water partition coefficient (Wildman–Crippen LogP) is 3.97. The van der Waals surface area contributed by atoms with Crippen LogP contribution in [0.2, 0.25) is 0 Å². The number of likely N-dealkylation sites (tertiary alicyclic amines) is 1. The summed E-state index contributed by atoms with van der Waals surface area (Å²) < 4.78 is 1.24. The molecule has 0 saturated carbocycles. The number of hydrogen-bond donors (Lipinski definition) is 1. The van der Waals surface area contributed by atoms with Crippen LogP contribution >= 0.6 is 15.9 Å². The van der Waals surface area contributed by atoms with Gasteiger partial charge in [0.1, 0.15) is 0 Å². The standard InChI is InChI=1S/C16H25BrN2/c1-13(15-8-3-4-9-16(15)17)19-12-6-5-7-14(19)10-11-18-2/h3-4,8-9,13-14,18H,5-7,10-12H2,1-2H3. The lowest BCUT2D eigenvalue weighted by atomic mass is 9.95. The molecule has 2 unspecified atom stereocenters. The first-order chi connectivity index (χ1) is 9.24. The molecule has 0 aromatic heterocycles. The van der Waals surface area contributed by atoms with E-state index in [9.17, 15) is 0 Å². The molecule has 106 valence electrons. The van der Waals surface area contributed by atoms with Crippen molar-refractivity contribution >= 4 is 15.9 Å². The van der Waals surface area contributed by atoms with Crippen molar-refractivity contribution in [2.24, 2.45) is 0 Å². The molecule has 1 aromatic rings. The van der Waals surface area contributed by atoms with Gasteiger partial charge in [0, 0.05) is 16.6 Å². The van der Waals surface area contributed by atoms with E-state index in [0.717, 1.165) is 12.6 Å². The highest BCUT2D eigenvalue weighted by atomic mass is 79.9. The summed E-state index contributed by atoms with van der Waals surface area (Å²) in [6.07, 6.45) is 5.32. The third-order valence-corrected chi connectivity index (χ3v) is 4.98. The SMILES string of the molecule is CNCCC1CCCCN1C(C)c1ccccc1Br. The Balaban J connectivity index is 2.10. The van der Waals surface area contributed by atoms with Crippen molar-refractivity contribution in [2.45, 2.75) is 44.7 Å². The molecule has 19 heavy (non-hydrogen) atoms. The Morgan fingerprint density at radius 2 is 2.16 bits per heavy atom. The molecule has 0 spiro atoms. The van der Waals surface area contributed by atoms with E-state index >= 15 is 0 Å². The van der Waals surface area contributed by atoms with E-state index in [0.29, 0.717) is 6.04 Å². The zero-order valence-corrected chi connectivity index (χ0v) is 13.6. The maximum atomic E-state index is 3.70. The van der Waals surface area contributed by atoms with Crippen LogP contribution in [0.3, 0.4) is 0 Å². The largest absolute Gasteiger partial charge is 0.320 e. The molecule has 2 atom stereocenters. The minimum Gasteiger partial charge on any atom is -0.320 e. The Hall–Kier alpha value is -0.380. The lowest BCUT2D eigenvalue weighted by Gasteiger charge is -2.40. The fraction of sp³-hybridized carbons (Fsp3) is 0.625. The van der Waals surface area contributed by atoms with E-state index in [2.05, 4.69) is 57.3 Å². The molecule has 1 saturated heterocycles. The second kappa shape index (κ2) is 7.41. The van der Waals surface area contributed by atoms with Crippen molar-refractivity contribution in [3.63, 3.8) is 0 Å². The molecule has 1 heterocycles. The van der Waals surface area contributed by atoms with Crippen LogP contribution in [-0.4, -0.2) is 31.1 Å². The van der Waals surface area contributed by atoms with Crippen LogP contribution in [0.4, 0.5) is 0 Å². The van der Waals surface area contributed by atoms with Crippen molar-refractivity contribution < 1.29 is 0 Å². The fourth-order valence-corrected chi connectivity index (χ4v) is 3.76. The van der Waals surface area contributed by atoms with Gasteiger partial charge in [-0.25, -0.2) is 0 Å². The summed E-state index contributed by atoms with van der Waals surface area (Å²) in [6, 6.07) is 9.86. The van der Waals surface area contributed by atoms with Crippen LogP contribution in [0.15, 0.2) is 28.7 Å². The van der Waals surface area contributed by atoms with Crippen LogP contribution in [-0.2, 0) is 0 Å². The van der Waals surface area contributed by atoms with Crippen molar-refractivity contribution in [1.82, 2.24) is 10.2 Å². The summed E-state index contributed by atoms with van der Waals surface area (Å²) in [4.78, 5) is 2.70. The lowest BCUT2D eigenvalue weighted by Crippen LogP contribution is -2.42. The van der Waals surface area contributed by atoms with Crippen molar-refractivity contribution in [1.29, 1.82) is 0 Å². The molecule has 0 bridgehead atoms. The zero-order valence-electron chi connectivity index (χ0n) is 12.0. The lowest BCUT2D eigenvalue weighted by molar-refractivity contribution is 0.0968. The maximum absolute atomic E-state index is 3.70. The highest BCUT2D eigenvalue weighted by Crippen LogP contribution is 2.33. The number of nitrogens with zero attached hydrogens (tertiary/aromatic N) is 1. The van der Waals surface area contributed by atoms with E-state index in [1.807, 2.05) is 7.05 Å². The first kappa shape index (κ1) is 15.0. The quantitative estimate of drug-likeness (QED) is 0.881. The normalized spacial score (nSPS) is 22.4. The van der Waals surface area contributed by atoms with Gasteiger partial charge in [-0.3, -0.25) is 4.90 Å². The van der Waals surface area contributed by atoms with Crippen LogP contribution in [0.1, 0.15) is 44.2 Å². The predicted molar refractivity (Wildman–Crippen MR) is 85.4 cm³/mol. The summed E-state index contributed by atoms with van der Waals surface area (Å²) in [7, 11) is 2.05. The molecular weight excluding hydrogens is 300 g/mol. The molecule has 0 amide bonds. The summed E-state index contributed by atoms with van der Waals surface area (Å²) in [5.41, 5.74) is 1.42. The molecular formula is C16H25BrN2. The fourth-order valence-electron chi connectivity index (χ4n) is 3.15. The van der Waals surface area contributed by atoms with E-state index < -0.39 is 0 Å². The van der Waals surface area contributed by atoms with E-state index in [1.165, 1.54) is 42.3 Å². The average Bonchev–Trinajstić information content (AvgIpc) is 2.45. The van der Waals surface area contributed by atoms with Gasteiger partial charge in [-0.15, -0.1) is 0 Å². The maximum Gasteiger partial charge on any atom is 0.0334 e. The average molecular weight is 325 g/mol. The smallest absolute Gasteiger partial charge is 0.0334 e. The molecule has 2 rings (SSSR count). The van der Waals surface area contributed by atoms with E-state index in [4.69, 9.17) is 0 Å².